The minimum atomic E-state index is -3.80. The van der Waals surface area contributed by atoms with Crippen LogP contribution in [0.15, 0.2) is 47.4 Å². The Kier molecular flexibility index (Phi) is 6.29. The van der Waals surface area contributed by atoms with Gasteiger partial charge in [0.2, 0.25) is 5.91 Å². The highest BCUT2D eigenvalue weighted by atomic mass is 32.2. The quantitative estimate of drug-likeness (QED) is 0.699. The van der Waals surface area contributed by atoms with Gasteiger partial charge in [0.25, 0.3) is 10.0 Å². The van der Waals surface area contributed by atoms with Crippen LogP contribution in [-0.4, -0.2) is 37.9 Å². The van der Waals surface area contributed by atoms with E-state index in [2.05, 4.69) is 33.0 Å². The number of amides is 1. The highest BCUT2D eigenvalue weighted by molar-refractivity contribution is 8.00. The van der Waals surface area contributed by atoms with Crippen molar-refractivity contribution in [1.82, 2.24) is 5.32 Å². The van der Waals surface area contributed by atoms with Gasteiger partial charge in [-0.25, -0.2) is 8.42 Å². The van der Waals surface area contributed by atoms with Crippen LogP contribution < -0.4 is 9.62 Å². The molecule has 29 heavy (non-hydrogen) atoms. The van der Waals surface area contributed by atoms with Gasteiger partial charge in [-0.15, -0.1) is 0 Å². The Morgan fingerprint density at radius 1 is 1.10 bits per heavy atom. The third kappa shape index (κ3) is 4.78. The van der Waals surface area contributed by atoms with Crippen LogP contribution in [0.25, 0.3) is 11.1 Å². The fourth-order valence-electron chi connectivity index (χ4n) is 3.30. The maximum atomic E-state index is 13.3. The van der Waals surface area contributed by atoms with Crippen molar-refractivity contribution in [2.45, 2.75) is 43.8 Å². The number of hydrogen-bond acceptors (Lipinski definition) is 4. The summed E-state index contributed by atoms with van der Waals surface area (Å²) in [6, 6.07) is 12.7. The highest BCUT2D eigenvalue weighted by Gasteiger charge is 2.35. The Bertz CT molecular complexity index is 1010. The third-order valence-electron chi connectivity index (χ3n) is 4.73. The summed E-state index contributed by atoms with van der Waals surface area (Å²) >= 11 is 1.76. The Morgan fingerprint density at radius 3 is 2.52 bits per heavy atom. The van der Waals surface area contributed by atoms with Gasteiger partial charge in [-0.3, -0.25) is 9.10 Å². The summed E-state index contributed by atoms with van der Waals surface area (Å²) in [7, 11) is -3.80. The van der Waals surface area contributed by atoms with Gasteiger partial charge in [0.1, 0.15) is 6.54 Å². The number of fused-ring (bicyclic) bond motifs is 3. The number of carbonyl (C=O) groups excluding carboxylic acids is 1. The first-order chi connectivity index (χ1) is 13.6. The molecule has 0 saturated carbocycles. The predicted octanol–water partition coefficient (Wildman–Crippen LogP) is 4.07. The number of benzene rings is 2. The molecular formula is C22H28N2O3S2. The van der Waals surface area contributed by atoms with Crippen molar-refractivity contribution in [1.29, 1.82) is 0 Å². The molecule has 1 aliphatic rings. The summed E-state index contributed by atoms with van der Waals surface area (Å²) in [6.07, 6.45) is 0.855. The molecule has 0 atom stereocenters. The predicted molar refractivity (Wildman–Crippen MR) is 121 cm³/mol. The number of nitrogens with zero attached hydrogens (tertiary/aromatic N) is 1. The van der Waals surface area contributed by atoms with E-state index in [9.17, 15) is 13.2 Å². The number of hydrogen-bond donors (Lipinski definition) is 1. The van der Waals surface area contributed by atoms with E-state index < -0.39 is 10.0 Å². The van der Waals surface area contributed by atoms with Crippen LogP contribution in [0.4, 0.5) is 5.69 Å². The average molecular weight is 433 g/mol. The lowest BCUT2D eigenvalue weighted by Gasteiger charge is -2.32. The van der Waals surface area contributed by atoms with Gasteiger partial charge in [0, 0.05) is 28.2 Å². The van der Waals surface area contributed by atoms with E-state index in [-0.39, 0.29) is 22.1 Å². The van der Waals surface area contributed by atoms with Gasteiger partial charge in [0.15, 0.2) is 0 Å². The van der Waals surface area contributed by atoms with E-state index in [1.807, 2.05) is 30.3 Å². The van der Waals surface area contributed by atoms with Gasteiger partial charge in [0.05, 0.1) is 10.6 Å². The second-order valence-corrected chi connectivity index (χ2v) is 11.8. The van der Waals surface area contributed by atoms with Crippen LogP contribution in [0.1, 0.15) is 33.3 Å². The zero-order chi connectivity index (χ0) is 21.2. The smallest absolute Gasteiger partial charge is 0.265 e. The van der Waals surface area contributed by atoms with E-state index in [4.69, 9.17) is 0 Å². The van der Waals surface area contributed by atoms with Crippen molar-refractivity contribution >= 4 is 33.4 Å². The normalized spacial score (nSPS) is 14.8. The fraction of sp³-hybridized carbons (Fsp3) is 0.409. The number of thioether (sulfide) groups is 1. The van der Waals surface area contributed by atoms with Crippen molar-refractivity contribution in [2.24, 2.45) is 0 Å². The third-order valence-corrected chi connectivity index (χ3v) is 7.82. The van der Waals surface area contributed by atoms with Gasteiger partial charge in [-0.1, -0.05) is 52.0 Å². The largest absolute Gasteiger partial charge is 0.354 e. The Hall–Kier alpha value is -1.99. The molecule has 0 bridgehead atoms. The molecule has 0 unspecified atom stereocenters. The lowest BCUT2D eigenvalue weighted by molar-refractivity contribution is -0.119. The molecule has 0 spiro atoms. The second-order valence-electron chi connectivity index (χ2n) is 8.02. The van der Waals surface area contributed by atoms with E-state index in [0.29, 0.717) is 17.8 Å². The molecule has 0 aliphatic carbocycles. The van der Waals surface area contributed by atoms with Crippen molar-refractivity contribution in [3.05, 3.63) is 48.0 Å². The first-order valence-electron chi connectivity index (χ1n) is 9.79. The Balaban J connectivity index is 1.87. The molecule has 1 amide bonds. The Labute approximate surface area is 177 Å². The zero-order valence-electron chi connectivity index (χ0n) is 17.4. The molecule has 0 saturated heterocycles. The van der Waals surface area contributed by atoms with Crippen molar-refractivity contribution < 1.29 is 13.2 Å². The molecule has 156 valence electrons. The summed E-state index contributed by atoms with van der Waals surface area (Å²) in [5.41, 5.74) is 3.23. The maximum Gasteiger partial charge on any atom is 0.265 e. The van der Waals surface area contributed by atoms with Crippen LogP contribution in [-0.2, 0) is 21.2 Å². The minimum Gasteiger partial charge on any atom is -0.354 e. The van der Waals surface area contributed by atoms with Gasteiger partial charge in [-0.05, 0) is 30.2 Å². The molecule has 7 heteroatoms. The molecule has 5 nitrogen and oxygen atoms in total. The molecule has 0 aromatic heterocycles. The summed E-state index contributed by atoms with van der Waals surface area (Å²) in [5, 5.41) is 2.85. The Morgan fingerprint density at radius 2 is 1.83 bits per heavy atom. The zero-order valence-corrected chi connectivity index (χ0v) is 19.0. The first kappa shape index (κ1) is 21.7. The lowest BCUT2D eigenvalue weighted by Crippen LogP contribution is -2.43. The van der Waals surface area contributed by atoms with Crippen LogP contribution in [0.2, 0.25) is 0 Å². The monoisotopic (exact) mass is 432 g/mol. The molecule has 3 rings (SSSR count). The fourth-order valence-corrected chi connectivity index (χ4v) is 5.77. The topological polar surface area (TPSA) is 66.5 Å². The van der Waals surface area contributed by atoms with E-state index in [1.165, 1.54) is 4.31 Å². The molecule has 2 aromatic rings. The van der Waals surface area contributed by atoms with Crippen molar-refractivity contribution in [2.75, 3.05) is 23.1 Å². The van der Waals surface area contributed by atoms with E-state index in [0.717, 1.165) is 23.3 Å². The highest BCUT2D eigenvalue weighted by Crippen LogP contribution is 2.43. The molecular weight excluding hydrogens is 404 g/mol. The van der Waals surface area contributed by atoms with Crippen LogP contribution in [0.5, 0.6) is 0 Å². The molecule has 0 radical (unpaired) electrons. The summed E-state index contributed by atoms with van der Waals surface area (Å²) in [5.74, 6) is 0.481. The molecule has 1 aliphatic heterocycles. The van der Waals surface area contributed by atoms with Crippen molar-refractivity contribution in [3.8, 4) is 11.1 Å². The standard InChI is InChI=1S/C22H28N2O3S2/c1-5-16-10-11-19-18(14-16)17-8-6-7-9-20(17)29(26,27)24(19)15-21(25)23-12-13-28-22(2,3)4/h6-11,14H,5,12-13,15H2,1-4H3,(H,23,25). The number of nitrogens with one attached hydrogen (secondary N) is 1. The summed E-state index contributed by atoms with van der Waals surface area (Å²) in [6.45, 7) is 8.71. The van der Waals surface area contributed by atoms with Gasteiger partial charge in [-0.2, -0.15) is 11.8 Å². The van der Waals surface area contributed by atoms with Gasteiger partial charge < -0.3 is 5.32 Å². The lowest BCUT2D eigenvalue weighted by atomic mass is 9.99. The molecule has 1 heterocycles. The van der Waals surface area contributed by atoms with Gasteiger partial charge >= 0.3 is 0 Å². The first-order valence-corrected chi connectivity index (χ1v) is 12.2. The molecule has 1 N–H and O–H groups in total. The number of aryl methyl sites for hydroxylation is 1. The van der Waals surface area contributed by atoms with E-state index in [1.54, 1.807) is 23.9 Å². The summed E-state index contributed by atoms with van der Waals surface area (Å²) in [4.78, 5) is 12.8. The minimum absolute atomic E-state index is 0.126. The van der Waals surface area contributed by atoms with Crippen LogP contribution in [0.3, 0.4) is 0 Å². The number of anilines is 1. The number of carbonyl (C=O) groups is 1. The molecule has 0 fully saturated rings. The molecule has 2 aromatic carbocycles. The average Bonchev–Trinajstić information content (AvgIpc) is 2.67. The second kappa shape index (κ2) is 8.40. The van der Waals surface area contributed by atoms with Crippen molar-refractivity contribution in [3.63, 3.8) is 0 Å². The van der Waals surface area contributed by atoms with E-state index >= 15 is 0 Å². The SMILES string of the molecule is CCc1ccc2c(c1)-c1ccccc1S(=O)(=O)N2CC(=O)NCCSC(C)(C)C. The summed E-state index contributed by atoms with van der Waals surface area (Å²) < 4.78 is 27.9. The maximum absolute atomic E-state index is 13.3. The number of rotatable bonds is 6. The van der Waals surface area contributed by atoms with Crippen LogP contribution >= 0.6 is 11.8 Å². The number of sulfonamides is 1. The van der Waals surface area contributed by atoms with Crippen LogP contribution in [0, 0.1) is 0 Å².